The molecule has 4 N–H and O–H groups in total. The number of imidazole rings is 2. The molecule has 3 fully saturated rings. The molecule has 15 nitrogen and oxygen atoms in total. The molecule has 0 saturated carbocycles. The maximum absolute atomic E-state index is 13.5. The number of rotatable bonds is 11. The zero-order valence-corrected chi connectivity index (χ0v) is 32.3. The van der Waals surface area contributed by atoms with Crippen LogP contribution in [-0.4, -0.2) is 106 Å². The number of aromatic nitrogens is 4. The number of piperidine rings is 1. The minimum atomic E-state index is -0.677. The van der Waals surface area contributed by atoms with Crippen molar-refractivity contribution in [3.63, 3.8) is 0 Å². The third-order valence-electron chi connectivity index (χ3n) is 11.2. The molecule has 0 radical (unpaired) electrons. The van der Waals surface area contributed by atoms with E-state index in [0.29, 0.717) is 19.0 Å². The van der Waals surface area contributed by atoms with Gasteiger partial charge in [0, 0.05) is 49.7 Å². The van der Waals surface area contributed by atoms with Crippen LogP contribution in [0.4, 0.5) is 15.3 Å². The van der Waals surface area contributed by atoms with Crippen molar-refractivity contribution >= 4 is 29.7 Å². The van der Waals surface area contributed by atoms with E-state index in [1.807, 2.05) is 49.9 Å². The smallest absolute Gasteiger partial charge is 0.407 e. The molecule has 15 heteroatoms. The van der Waals surface area contributed by atoms with Gasteiger partial charge in [-0.15, -0.1) is 0 Å². The number of hydrogen-bond acceptors (Lipinski definition) is 9. The van der Waals surface area contributed by atoms with Gasteiger partial charge in [-0.1, -0.05) is 39.8 Å². The first-order chi connectivity index (χ1) is 26.0. The number of carbonyl (C=O) groups is 4. The molecule has 1 unspecified atom stereocenters. The molecule has 4 amide bonds. The number of methoxy groups -OCH3 is 2. The van der Waals surface area contributed by atoms with E-state index < -0.39 is 24.3 Å². The lowest BCUT2D eigenvalue weighted by molar-refractivity contribution is -0.136. The number of ether oxygens (including phenoxy) is 2. The van der Waals surface area contributed by atoms with Crippen LogP contribution in [0.25, 0.3) is 11.3 Å². The van der Waals surface area contributed by atoms with E-state index in [2.05, 4.69) is 54.8 Å². The fraction of sp³-hybridized carbons (Fsp3) is 0.590. The van der Waals surface area contributed by atoms with Crippen molar-refractivity contribution in [1.82, 2.24) is 40.4 Å². The number of H-pyrrole nitrogens is 2. The Morgan fingerprint density at radius 3 is 1.70 bits per heavy atom. The lowest BCUT2D eigenvalue weighted by atomic mass is 9.93. The third-order valence-corrected chi connectivity index (χ3v) is 11.2. The summed E-state index contributed by atoms with van der Waals surface area (Å²) in [5.74, 6) is 1.47. The van der Waals surface area contributed by atoms with Gasteiger partial charge in [0.05, 0.1) is 38.2 Å². The second-order valence-corrected chi connectivity index (χ2v) is 15.3. The summed E-state index contributed by atoms with van der Waals surface area (Å²) in [5, 5.41) is 5.41. The number of carbonyl (C=O) groups excluding carboxylic acids is 4. The van der Waals surface area contributed by atoms with Crippen LogP contribution in [-0.2, 0) is 19.1 Å². The van der Waals surface area contributed by atoms with Crippen LogP contribution in [0, 0.1) is 11.8 Å². The Labute approximate surface area is 316 Å². The summed E-state index contributed by atoms with van der Waals surface area (Å²) in [6.45, 7) is 10.7. The predicted octanol–water partition coefficient (Wildman–Crippen LogP) is 5.27. The molecule has 3 aromatic rings. The fourth-order valence-electron chi connectivity index (χ4n) is 8.07. The van der Waals surface area contributed by atoms with Crippen molar-refractivity contribution in [2.24, 2.45) is 11.8 Å². The molecule has 0 aliphatic carbocycles. The topological polar surface area (TPSA) is 178 Å². The predicted molar refractivity (Wildman–Crippen MR) is 203 cm³/mol. The van der Waals surface area contributed by atoms with Crippen LogP contribution in [0.2, 0.25) is 0 Å². The number of likely N-dealkylation sites (tertiary alicyclic amines) is 2. The first-order valence-corrected chi connectivity index (χ1v) is 19.2. The highest BCUT2D eigenvalue weighted by Crippen LogP contribution is 2.36. The molecule has 6 rings (SSSR count). The van der Waals surface area contributed by atoms with Crippen LogP contribution in [0.3, 0.4) is 0 Å². The lowest BCUT2D eigenvalue weighted by Crippen LogP contribution is -2.51. The van der Waals surface area contributed by atoms with E-state index >= 15 is 0 Å². The van der Waals surface area contributed by atoms with Crippen molar-refractivity contribution in [3.8, 4) is 11.3 Å². The van der Waals surface area contributed by atoms with Crippen molar-refractivity contribution in [2.45, 2.75) is 96.3 Å². The Kier molecular flexibility index (Phi) is 12.1. The second-order valence-electron chi connectivity index (χ2n) is 15.3. The largest absolute Gasteiger partial charge is 0.453 e. The van der Waals surface area contributed by atoms with Crippen LogP contribution < -0.4 is 15.5 Å². The number of alkyl carbamates (subject to hydrolysis) is 2. The van der Waals surface area contributed by atoms with Crippen molar-refractivity contribution < 1.29 is 28.7 Å². The normalized spacial score (nSPS) is 20.3. The van der Waals surface area contributed by atoms with Gasteiger partial charge in [0.15, 0.2) is 0 Å². The van der Waals surface area contributed by atoms with E-state index in [0.717, 1.165) is 85.9 Å². The van der Waals surface area contributed by atoms with E-state index in [1.54, 1.807) is 0 Å². The van der Waals surface area contributed by atoms with Gasteiger partial charge in [0.1, 0.15) is 23.7 Å². The molecule has 2 aromatic heterocycles. The van der Waals surface area contributed by atoms with Gasteiger partial charge in [0.25, 0.3) is 0 Å². The van der Waals surface area contributed by atoms with Gasteiger partial charge < -0.3 is 44.8 Å². The second kappa shape index (κ2) is 16.9. The Hall–Kier alpha value is -5.08. The maximum Gasteiger partial charge on any atom is 0.407 e. The average Bonchev–Trinajstić information content (AvgIpc) is 4.02. The molecule has 3 aliphatic rings. The summed E-state index contributed by atoms with van der Waals surface area (Å²) in [4.78, 5) is 73.5. The monoisotopic (exact) mass is 745 g/mol. The van der Waals surface area contributed by atoms with Gasteiger partial charge in [-0.25, -0.2) is 19.6 Å². The Bertz CT molecular complexity index is 1760. The molecular formula is C39H55N9O6. The minimum absolute atomic E-state index is 0.0841. The molecular weight excluding hydrogens is 690 g/mol. The third kappa shape index (κ3) is 8.34. The van der Waals surface area contributed by atoms with Crippen molar-refractivity contribution in [2.75, 3.05) is 45.3 Å². The molecule has 0 bridgehead atoms. The van der Waals surface area contributed by atoms with E-state index in [9.17, 15) is 19.2 Å². The van der Waals surface area contributed by atoms with Crippen LogP contribution >= 0.6 is 0 Å². The number of benzene rings is 1. The number of anilines is 1. The highest BCUT2D eigenvalue weighted by molar-refractivity contribution is 5.87. The summed E-state index contributed by atoms with van der Waals surface area (Å²) < 4.78 is 9.52. The summed E-state index contributed by atoms with van der Waals surface area (Å²) in [5.41, 5.74) is 4.16. The summed E-state index contributed by atoms with van der Waals surface area (Å²) >= 11 is 0. The molecule has 5 heterocycles. The molecule has 54 heavy (non-hydrogen) atoms. The lowest BCUT2D eigenvalue weighted by Gasteiger charge is -2.33. The van der Waals surface area contributed by atoms with Crippen molar-refractivity contribution in [1.29, 1.82) is 0 Å². The van der Waals surface area contributed by atoms with Gasteiger partial charge in [-0.05, 0) is 68.1 Å². The Morgan fingerprint density at radius 1 is 0.704 bits per heavy atom. The van der Waals surface area contributed by atoms with Gasteiger partial charge in [-0.2, -0.15) is 0 Å². The van der Waals surface area contributed by atoms with Gasteiger partial charge in [-0.3, -0.25) is 9.59 Å². The van der Waals surface area contributed by atoms with Crippen LogP contribution in [0.15, 0.2) is 36.7 Å². The van der Waals surface area contributed by atoms with E-state index in [-0.39, 0.29) is 35.7 Å². The van der Waals surface area contributed by atoms with Crippen LogP contribution in [0.1, 0.15) is 102 Å². The highest BCUT2D eigenvalue weighted by Gasteiger charge is 2.39. The Balaban J connectivity index is 1.04. The van der Waals surface area contributed by atoms with Crippen molar-refractivity contribution in [3.05, 3.63) is 54.0 Å². The summed E-state index contributed by atoms with van der Waals surface area (Å²) in [7, 11) is 2.59. The minimum Gasteiger partial charge on any atom is -0.453 e. The van der Waals surface area contributed by atoms with Gasteiger partial charge in [0.2, 0.25) is 11.8 Å². The quantitative estimate of drug-likeness (QED) is 0.204. The summed E-state index contributed by atoms with van der Waals surface area (Å²) in [6, 6.07) is 6.82. The standard InChI is InChI=1S/C39H55N9O6/c1-23(2)32(44-38(51)53-5)36(49)47-17-7-9-30(47)34-40-21-28(42-34)25-11-13-27(14-12-25)46-19-15-26(16-20-46)29-22-41-35(43-29)31-10-8-18-48(31)37(50)33(24(3)4)45-39(52)54-6/h11-14,21-24,26,30-33H,7-10,15-20H2,1-6H3,(H,40,42)(H,41,43)(H,44,51)(H,45,52)/t30-,31-,32?,33-/m0/s1. The number of nitrogens with zero attached hydrogens (tertiary/aromatic N) is 5. The average molecular weight is 746 g/mol. The first-order valence-electron chi connectivity index (χ1n) is 19.2. The maximum atomic E-state index is 13.5. The number of amides is 4. The van der Waals surface area contributed by atoms with Gasteiger partial charge >= 0.3 is 12.2 Å². The Morgan fingerprint density at radius 2 is 1.20 bits per heavy atom. The van der Waals surface area contributed by atoms with Crippen LogP contribution in [0.5, 0.6) is 0 Å². The molecule has 292 valence electrons. The summed E-state index contributed by atoms with van der Waals surface area (Å²) in [6.07, 6.45) is 7.84. The van der Waals surface area contributed by atoms with E-state index in [1.165, 1.54) is 14.2 Å². The zero-order chi connectivity index (χ0) is 38.5. The highest BCUT2D eigenvalue weighted by atomic mass is 16.5. The SMILES string of the molecule is COC(=O)NC(C(=O)N1CCC[C@H]1c1ncc(-c2ccc(N3CCC(c4cnc([C@@H]5CCCN5C(=O)[C@@H](NC(=O)OC)C(C)C)[nH]4)CC3)cc2)[nH]1)C(C)C. The molecule has 3 aliphatic heterocycles. The number of nitrogens with one attached hydrogen (secondary N) is 4. The molecule has 4 atom stereocenters. The molecule has 3 saturated heterocycles. The zero-order valence-electron chi connectivity index (χ0n) is 32.3. The number of aromatic amines is 2. The first kappa shape index (κ1) is 38.6. The number of hydrogen-bond donors (Lipinski definition) is 4. The molecule has 1 aromatic carbocycles. The van der Waals surface area contributed by atoms with E-state index in [4.69, 9.17) is 14.5 Å². The molecule has 0 spiro atoms. The fourth-order valence-corrected chi connectivity index (χ4v) is 8.07.